The third kappa shape index (κ3) is 3.54. The largest absolute Gasteiger partial charge is 0.379 e. The third-order valence-electron chi connectivity index (χ3n) is 3.61. The number of carbonyl (C=O) groups is 1. The Hall–Kier alpha value is -3.11. The molecule has 2 aromatic heterocycles. The first-order valence-corrected chi connectivity index (χ1v) is 8.49. The fraction of sp³-hybridized carbons (Fsp3) is 0.167. The number of aryl methyl sites for hydroxylation is 1. The van der Waals surface area contributed by atoms with Crippen LogP contribution in [-0.2, 0) is 6.54 Å². The van der Waals surface area contributed by atoms with E-state index in [-0.39, 0.29) is 18.0 Å². The van der Waals surface area contributed by atoms with Gasteiger partial charge in [-0.15, -0.1) is 17.8 Å². The van der Waals surface area contributed by atoms with Crippen LogP contribution >= 0.6 is 11.3 Å². The number of fused-ring (bicyclic) bond motifs is 1. The Balaban J connectivity index is 1.82. The number of terminal acetylenes is 1. The van der Waals surface area contributed by atoms with Gasteiger partial charge in [0.25, 0.3) is 11.5 Å². The number of carbonyl (C=O) groups excluding carboxylic acids is 1. The minimum absolute atomic E-state index is 0.111. The molecular formula is C18H16N4O2S. The predicted octanol–water partition coefficient (Wildman–Crippen LogP) is 2.04. The summed E-state index contributed by atoms with van der Waals surface area (Å²) < 4.78 is 1.58. The summed E-state index contributed by atoms with van der Waals surface area (Å²) >= 11 is 1.42. The molecule has 3 rings (SSSR count). The van der Waals surface area contributed by atoms with Gasteiger partial charge >= 0.3 is 0 Å². The molecule has 2 heterocycles. The number of amides is 1. The van der Waals surface area contributed by atoms with Crippen LogP contribution in [0.2, 0.25) is 0 Å². The average Bonchev–Trinajstić information content (AvgIpc) is 2.99. The van der Waals surface area contributed by atoms with E-state index >= 15 is 0 Å². The van der Waals surface area contributed by atoms with E-state index in [0.29, 0.717) is 28.5 Å². The summed E-state index contributed by atoms with van der Waals surface area (Å²) in [5.41, 5.74) is 2.52. The molecule has 0 aliphatic carbocycles. The monoisotopic (exact) mass is 352 g/mol. The molecular weight excluding hydrogens is 336 g/mol. The first-order chi connectivity index (χ1) is 12.1. The Labute approximate surface area is 148 Å². The van der Waals surface area contributed by atoms with Crippen molar-refractivity contribution in [3.63, 3.8) is 0 Å². The van der Waals surface area contributed by atoms with Crippen LogP contribution in [-0.4, -0.2) is 21.8 Å². The molecule has 7 heteroatoms. The average molecular weight is 352 g/mol. The quantitative estimate of drug-likeness (QED) is 0.689. The molecule has 1 aromatic carbocycles. The van der Waals surface area contributed by atoms with Crippen molar-refractivity contribution >= 4 is 27.9 Å². The Morgan fingerprint density at radius 2 is 2.20 bits per heavy atom. The topological polar surface area (TPSA) is 75.5 Å². The highest BCUT2D eigenvalue weighted by atomic mass is 32.1. The van der Waals surface area contributed by atoms with E-state index in [4.69, 9.17) is 6.42 Å². The number of benzene rings is 1. The Morgan fingerprint density at radius 3 is 3.00 bits per heavy atom. The first-order valence-electron chi connectivity index (χ1n) is 7.61. The van der Waals surface area contributed by atoms with Crippen molar-refractivity contribution in [1.82, 2.24) is 14.7 Å². The Bertz CT molecular complexity index is 1030. The normalized spacial score (nSPS) is 10.4. The van der Waals surface area contributed by atoms with Crippen LogP contribution in [0.5, 0.6) is 0 Å². The molecule has 2 N–H and O–H groups in total. The molecule has 0 bridgehead atoms. The van der Waals surface area contributed by atoms with Crippen LogP contribution in [0.3, 0.4) is 0 Å². The van der Waals surface area contributed by atoms with Crippen LogP contribution in [0.1, 0.15) is 21.7 Å². The van der Waals surface area contributed by atoms with E-state index < -0.39 is 0 Å². The number of thiazole rings is 1. The maximum atomic E-state index is 12.2. The standard InChI is InChI=1S/C18H16N4O2S/c1-3-8-19-17(24)14-6-4-5-7-15(14)20-10-13-9-16(23)22-12(2)11-25-18(22)21-13/h1,4-7,9,11,20H,8,10H2,2H3,(H,19,24). The molecule has 0 atom stereocenters. The number of nitrogens with one attached hydrogen (secondary N) is 2. The maximum absolute atomic E-state index is 12.2. The molecule has 0 aliphatic heterocycles. The molecule has 25 heavy (non-hydrogen) atoms. The minimum atomic E-state index is -0.251. The molecule has 126 valence electrons. The second kappa shape index (κ2) is 7.20. The lowest BCUT2D eigenvalue weighted by molar-refractivity contribution is 0.0959. The summed E-state index contributed by atoms with van der Waals surface area (Å²) in [6.45, 7) is 2.37. The highest BCUT2D eigenvalue weighted by Crippen LogP contribution is 2.16. The van der Waals surface area contributed by atoms with Crippen molar-refractivity contribution in [3.8, 4) is 12.3 Å². The van der Waals surface area contributed by atoms with E-state index in [2.05, 4.69) is 21.5 Å². The van der Waals surface area contributed by atoms with Gasteiger partial charge in [-0.1, -0.05) is 18.1 Å². The molecule has 0 unspecified atom stereocenters. The second-order valence-corrected chi connectivity index (χ2v) is 6.20. The molecule has 0 spiro atoms. The van der Waals surface area contributed by atoms with E-state index in [1.165, 1.54) is 17.4 Å². The van der Waals surface area contributed by atoms with Gasteiger partial charge in [0.2, 0.25) is 0 Å². The maximum Gasteiger partial charge on any atom is 0.259 e. The lowest BCUT2D eigenvalue weighted by Gasteiger charge is -2.11. The van der Waals surface area contributed by atoms with Crippen molar-refractivity contribution < 1.29 is 4.79 Å². The summed E-state index contributed by atoms with van der Waals surface area (Å²) in [6.07, 6.45) is 5.17. The van der Waals surface area contributed by atoms with Gasteiger partial charge in [-0.3, -0.25) is 14.0 Å². The molecule has 0 radical (unpaired) electrons. The van der Waals surface area contributed by atoms with Crippen molar-refractivity contribution in [2.45, 2.75) is 13.5 Å². The number of anilines is 1. The highest BCUT2D eigenvalue weighted by Gasteiger charge is 2.11. The summed E-state index contributed by atoms with van der Waals surface area (Å²) in [5.74, 6) is 2.12. The van der Waals surface area contributed by atoms with Gasteiger partial charge in [0.05, 0.1) is 24.3 Å². The molecule has 0 saturated heterocycles. The summed E-state index contributed by atoms with van der Waals surface area (Å²) in [6, 6.07) is 8.62. The zero-order valence-electron chi connectivity index (χ0n) is 13.6. The van der Waals surface area contributed by atoms with Gasteiger partial charge in [0, 0.05) is 22.8 Å². The Kier molecular flexibility index (Phi) is 4.82. The molecule has 1 amide bonds. The van der Waals surface area contributed by atoms with Gasteiger partial charge in [-0.2, -0.15) is 0 Å². The van der Waals surface area contributed by atoms with Crippen LogP contribution in [0.15, 0.2) is 40.5 Å². The fourth-order valence-electron chi connectivity index (χ4n) is 2.44. The van der Waals surface area contributed by atoms with Crippen LogP contribution < -0.4 is 16.2 Å². The number of aromatic nitrogens is 2. The summed E-state index contributed by atoms with van der Waals surface area (Å²) in [5, 5.41) is 7.70. The van der Waals surface area contributed by atoms with E-state index in [1.54, 1.807) is 22.6 Å². The summed E-state index contributed by atoms with van der Waals surface area (Å²) in [7, 11) is 0. The molecule has 0 aliphatic rings. The molecule has 0 fully saturated rings. The second-order valence-electron chi connectivity index (χ2n) is 5.37. The number of hydrogen-bond donors (Lipinski definition) is 2. The van der Waals surface area contributed by atoms with Gasteiger partial charge in [-0.25, -0.2) is 4.98 Å². The lowest BCUT2D eigenvalue weighted by atomic mass is 10.1. The number of hydrogen-bond acceptors (Lipinski definition) is 5. The molecule has 3 aromatic rings. The van der Waals surface area contributed by atoms with E-state index in [1.807, 2.05) is 18.4 Å². The van der Waals surface area contributed by atoms with Gasteiger partial charge in [0.15, 0.2) is 4.96 Å². The van der Waals surface area contributed by atoms with Crippen molar-refractivity contribution in [2.75, 3.05) is 11.9 Å². The third-order valence-corrected chi connectivity index (χ3v) is 4.55. The molecule has 0 saturated carbocycles. The predicted molar refractivity (Wildman–Crippen MR) is 99.0 cm³/mol. The van der Waals surface area contributed by atoms with Gasteiger partial charge < -0.3 is 10.6 Å². The fourth-order valence-corrected chi connectivity index (χ4v) is 3.33. The van der Waals surface area contributed by atoms with Crippen molar-refractivity contribution in [2.24, 2.45) is 0 Å². The van der Waals surface area contributed by atoms with E-state index in [9.17, 15) is 9.59 Å². The zero-order valence-corrected chi connectivity index (χ0v) is 14.4. The van der Waals surface area contributed by atoms with Crippen LogP contribution in [0.25, 0.3) is 4.96 Å². The number of rotatable bonds is 5. The van der Waals surface area contributed by atoms with Crippen molar-refractivity contribution in [3.05, 3.63) is 63.0 Å². The SMILES string of the molecule is C#CCNC(=O)c1ccccc1NCc1cc(=O)n2c(C)csc2n1. The number of para-hydroxylation sites is 1. The van der Waals surface area contributed by atoms with Crippen LogP contribution in [0.4, 0.5) is 5.69 Å². The summed E-state index contributed by atoms with van der Waals surface area (Å²) in [4.78, 5) is 29.5. The minimum Gasteiger partial charge on any atom is -0.379 e. The smallest absolute Gasteiger partial charge is 0.259 e. The van der Waals surface area contributed by atoms with Crippen LogP contribution in [0, 0.1) is 19.3 Å². The molecule has 6 nitrogen and oxygen atoms in total. The number of nitrogens with zero attached hydrogens (tertiary/aromatic N) is 2. The van der Waals surface area contributed by atoms with Crippen molar-refractivity contribution in [1.29, 1.82) is 0 Å². The van der Waals surface area contributed by atoms with E-state index in [0.717, 1.165) is 5.69 Å². The van der Waals surface area contributed by atoms with Gasteiger partial charge in [-0.05, 0) is 19.1 Å². The highest BCUT2D eigenvalue weighted by molar-refractivity contribution is 7.15. The zero-order chi connectivity index (χ0) is 17.8. The first kappa shape index (κ1) is 16.7. The van der Waals surface area contributed by atoms with Gasteiger partial charge in [0.1, 0.15) is 0 Å². The Morgan fingerprint density at radius 1 is 1.40 bits per heavy atom. The lowest BCUT2D eigenvalue weighted by Crippen LogP contribution is -2.24.